The number of β-amino-alcohol motifs (C(OH)–C–C–N with tert-alkyl or cyclic N) is 1. The van der Waals surface area contributed by atoms with Gasteiger partial charge in [-0.25, -0.2) is 0 Å². The van der Waals surface area contributed by atoms with Crippen LogP contribution in [0.1, 0.15) is 28.8 Å². The van der Waals surface area contributed by atoms with Crippen LogP contribution in [0.4, 0.5) is 0 Å². The van der Waals surface area contributed by atoms with Crippen molar-refractivity contribution in [2.75, 3.05) is 32.7 Å². The van der Waals surface area contributed by atoms with Crippen molar-refractivity contribution in [3.8, 4) is 0 Å². The monoisotopic (exact) mass is 464 g/mol. The van der Waals surface area contributed by atoms with E-state index in [-0.39, 0.29) is 18.4 Å². The Morgan fingerprint density at radius 3 is 1.94 bits per heavy atom. The third kappa shape index (κ3) is 4.90. The summed E-state index contributed by atoms with van der Waals surface area (Å²) >= 11 is 1.72. The first-order chi connectivity index (χ1) is 15.3. The third-order valence-electron chi connectivity index (χ3n) is 6.30. The molecule has 1 atom stereocenters. The number of benzene rings is 3. The maximum atomic E-state index is 10.9. The van der Waals surface area contributed by atoms with Gasteiger partial charge in [0.1, 0.15) is 0 Å². The number of hydrogen-bond acceptors (Lipinski definition) is 4. The molecule has 3 aromatic carbocycles. The van der Waals surface area contributed by atoms with Crippen LogP contribution >= 0.6 is 23.7 Å². The lowest BCUT2D eigenvalue weighted by atomic mass is 9.96. The highest BCUT2D eigenvalue weighted by Crippen LogP contribution is 2.32. The number of thiophene rings is 1. The van der Waals surface area contributed by atoms with E-state index in [1.807, 2.05) is 0 Å². The molecule has 1 N–H and O–H groups in total. The molecule has 166 valence electrons. The van der Waals surface area contributed by atoms with E-state index in [2.05, 4.69) is 100 Å². The van der Waals surface area contributed by atoms with Gasteiger partial charge >= 0.3 is 0 Å². The molecule has 1 saturated heterocycles. The Balaban J connectivity index is 0.00000245. The Morgan fingerprint density at radius 2 is 1.31 bits per heavy atom. The highest BCUT2D eigenvalue weighted by Gasteiger charge is 2.27. The van der Waals surface area contributed by atoms with E-state index < -0.39 is 6.10 Å². The van der Waals surface area contributed by atoms with Crippen molar-refractivity contribution in [1.82, 2.24) is 9.80 Å². The lowest BCUT2D eigenvalue weighted by molar-refractivity contribution is 0.0629. The number of halogens is 1. The standard InChI is InChI=1S/C27H28N2OS.ClH/c30-25(24-20-31-26-14-8-7-13-23(24)26)19-28-15-17-29(18-16-28)27(21-9-3-1-4-10-21)22-11-5-2-6-12-22;/h1-14,20,25,27,30H,15-19H2;1H. The van der Waals surface area contributed by atoms with Crippen molar-refractivity contribution in [3.05, 3.63) is 107 Å². The fourth-order valence-corrected chi connectivity index (χ4v) is 5.70. The van der Waals surface area contributed by atoms with Crippen LogP contribution in [-0.2, 0) is 0 Å². The average molecular weight is 465 g/mol. The number of nitrogens with zero attached hydrogens (tertiary/aromatic N) is 2. The molecule has 1 unspecified atom stereocenters. The summed E-state index contributed by atoms with van der Waals surface area (Å²) in [6.07, 6.45) is -0.443. The fraction of sp³-hybridized carbons (Fsp3) is 0.259. The maximum absolute atomic E-state index is 10.9. The number of fused-ring (bicyclic) bond motifs is 1. The third-order valence-corrected chi connectivity index (χ3v) is 7.29. The smallest absolute Gasteiger partial charge is 0.0930 e. The molecule has 0 amide bonds. The topological polar surface area (TPSA) is 26.7 Å². The summed E-state index contributed by atoms with van der Waals surface area (Å²) in [5.41, 5.74) is 3.74. The van der Waals surface area contributed by atoms with E-state index in [4.69, 9.17) is 0 Å². The highest BCUT2D eigenvalue weighted by molar-refractivity contribution is 7.17. The summed E-state index contributed by atoms with van der Waals surface area (Å²) in [5.74, 6) is 0. The van der Waals surface area contributed by atoms with Gasteiger partial charge in [-0.05, 0) is 28.0 Å². The largest absolute Gasteiger partial charge is 0.387 e. The molecule has 32 heavy (non-hydrogen) atoms. The first-order valence-electron chi connectivity index (χ1n) is 11.0. The second-order valence-electron chi connectivity index (χ2n) is 8.26. The van der Waals surface area contributed by atoms with Crippen LogP contribution in [0, 0.1) is 0 Å². The summed E-state index contributed by atoms with van der Waals surface area (Å²) in [6.45, 7) is 4.61. The molecule has 0 spiro atoms. The Kier molecular flexibility index (Phi) is 7.61. The number of hydrogen-bond donors (Lipinski definition) is 1. The molecule has 3 nitrogen and oxygen atoms in total. The predicted octanol–water partition coefficient (Wildman–Crippen LogP) is 5.76. The van der Waals surface area contributed by atoms with E-state index in [0.717, 1.165) is 31.7 Å². The molecule has 4 aromatic rings. The predicted molar refractivity (Wildman–Crippen MR) is 137 cm³/mol. The van der Waals surface area contributed by atoms with Crippen molar-refractivity contribution in [2.24, 2.45) is 0 Å². The van der Waals surface area contributed by atoms with Gasteiger partial charge in [-0.1, -0.05) is 78.9 Å². The first kappa shape index (κ1) is 23.0. The molecule has 0 aliphatic carbocycles. The minimum atomic E-state index is -0.443. The van der Waals surface area contributed by atoms with E-state index in [9.17, 15) is 5.11 Å². The summed E-state index contributed by atoms with van der Waals surface area (Å²) in [7, 11) is 0. The van der Waals surface area contributed by atoms with E-state index in [1.54, 1.807) is 11.3 Å². The molecular weight excluding hydrogens is 436 g/mol. The van der Waals surface area contributed by atoms with Gasteiger partial charge in [0, 0.05) is 43.0 Å². The Bertz CT molecular complexity index is 1070. The van der Waals surface area contributed by atoms with Crippen LogP contribution in [0.25, 0.3) is 10.1 Å². The highest BCUT2D eigenvalue weighted by atomic mass is 35.5. The molecule has 2 heterocycles. The molecule has 5 rings (SSSR count). The molecule has 0 saturated carbocycles. The summed E-state index contributed by atoms with van der Waals surface area (Å²) in [5, 5.41) is 14.2. The molecule has 1 aliphatic rings. The second kappa shape index (κ2) is 10.6. The quantitative estimate of drug-likeness (QED) is 0.392. The maximum Gasteiger partial charge on any atom is 0.0930 e. The summed E-state index contributed by atoms with van der Waals surface area (Å²) in [4.78, 5) is 4.98. The van der Waals surface area contributed by atoms with Crippen LogP contribution in [0.3, 0.4) is 0 Å². The van der Waals surface area contributed by atoms with Gasteiger partial charge in [-0.15, -0.1) is 23.7 Å². The molecule has 0 radical (unpaired) electrons. The minimum absolute atomic E-state index is 0. The molecule has 1 aliphatic heterocycles. The zero-order chi connectivity index (χ0) is 21.0. The van der Waals surface area contributed by atoms with Crippen molar-refractivity contribution in [2.45, 2.75) is 12.1 Å². The Hall–Kier alpha value is -2.21. The van der Waals surface area contributed by atoms with Gasteiger partial charge in [0.25, 0.3) is 0 Å². The summed E-state index contributed by atoms with van der Waals surface area (Å²) in [6, 6.07) is 30.2. The van der Waals surface area contributed by atoms with Crippen LogP contribution in [0.5, 0.6) is 0 Å². The lowest BCUT2D eigenvalue weighted by Crippen LogP contribution is -2.48. The Morgan fingerprint density at radius 1 is 0.750 bits per heavy atom. The van der Waals surface area contributed by atoms with Crippen LogP contribution in [-0.4, -0.2) is 47.6 Å². The van der Waals surface area contributed by atoms with Gasteiger partial charge in [0.15, 0.2) is 0 Å². The minimum Gasteiger partial charge on any atom is -0.387 e. The molecular formula is C27H29ClN2OS. The van der Waals surface area contributed by atoms with E-state index in [1.165, 1.54) is 21.2 Å². The van der Waals surface area contributed by atoms with Crippen molar-refractivity contribution < 1.29 is 5.11 Å². The second-order valence-corrected chi connectivity index (χ2v) is 9.17. The van der Waals surface area contributed by atoms with E-state index >= 15 is 0 Å². The van der Waals surface area contributed by atoms with Crippen LogP contribution in [0.15, 0.2) is 90.3 Å². The zero-order valence-corrected chi connectivity index (χ0v) is 19.6. The molecule has 1 fully saturated rings. The van der Waals surface area contributed by atoms with Crippen LogP contribution < -0.4 is 0 Å². The van der Waals surface area contributed by atoms with Crippen molar-refractivity contribution >= 4 is 33.8 Å². The molecule has 1 aromatic heterocycles. The van der Waals surface area contributed by atoms with Gasteiger partial charge in [-0.2, -0.15) is 0 Å². The van der Waals surface area contributed by atoms with E-state index in [0.29, 0.717) is 6.54 Å². The lowest BCUT2D eigenvalue weighted by Gasteiger charge is -2.40. The van der Waals surface area contributed by atoms with Crippen molar-refractivity contribution in [1.29, 1.82) is 0 Å². The molecule has 0 bridgehead atoms. The number of rotatable bonds is 6. The molecule has 5 heteroatoms. The number of aliphatic hydroxyl groups excluding tert-OH is 1. The SMILES string of the molecule is Cl.OC(CN1CCN(C(c2ccccc2)c2ccccc2)CC1)c1csc2ccccc12. The normalized spacial score (nSPS) is 16.2. The zero-order valence-electron chi connectivity index (χ0n) is 18.0. The number of piperazine rings is 1. The average Bonchev–Trinajstić information content (AvgIpc) is 3.26. The van der Waals surface area contributed by atoms with Gasteiger partial charge < -0.3 is 5.11 Å². The van der Waals surface area contributed by atoms with Gasteiger partial charge in [0.05, 0.1) is 12.1 Å². The summed E-state index contributed by atoms with van der Waals surface area (Å²) < 4.78 is 1.25. The fourth-order valence-electron chi connectivity index (χ4n) is 4.69. The van der Waals surface area contributed by atoms with Gasteiger partial charge in [-0.3, -0.25) is 9.80 Å². The number of aliphatic hydroxyl groups is 1. The van der Waals surface area contributed by atoms with Crippen LogP contribution in [0.2, 0.25) is 0 Å². The van der Waals surface area contributed by atoms with Gasteiger partial charge in [0.2, 0.25) is 0 Å². The Labute approximate surface area is 200 Å². The van der Waals surface area contributed by atoms with Crippen molar-refractivity contribution in [3.63, 3.8) is 0 Å². The first-order valence-corrected chi connectivity index (χ1v) is 11.9.